The van der Waals surface area contributed by atoms with Crippen LogP contribution in [0.5, 0.6) is 0 Å². The topological polar surface area (TPSA) is 82.6 Å². The number of nitrogens with one attached hydrogen (secondary N) is 1. The molecule has 1 fully saturated rings. The molecule has 10 heteroatoms. The zero-order chi connectivity index (χ0) is 21.8. The largest absolute Gasteiger partial charge is 0.368 e. The molecule has 0 unspecified atom stereocenters. The molecule has 2 heterocycles. The normalized spacial score (nSPS) is 14.5. The number of carbonyl (C=O) groups excluding carboxylic acids is 1. The van der Waals surface area contributed by atoms with Crippen LogP contribution >= 0.6 is 11.3 Å². The van der Waals surface area contributed by atoms with Crippen molar-refractivity contribution in [3.05, 3.63) is 71.5 Å². The van der Waals surface area contributed by atoms with Crippen LogP contribution in [0.1, 0.15) is 5.69 Å². The van der Waals surface area contributed by atoms with Gasteiger partial charge in [0, 0.05) is 37.2 Å². The van der Waals surface area contributed by atoms with Gasteiger partial charge in [0.05, 0.1) is 17.0 Å². The van der Waals surface area contributed by atoms with Crippen molar-refractivity contribution in [1.82, 2.24) is 9.88 Å². The second-order valence-corrected chi connectivity index (χ2v) is 9.62. The van der Waals surface area contributed by atoms with Crippen molar-refractivity contribution in [2.45, 2.75) is 11.3 Å². The van der Waals surface area contributed by atoms with Crippen LogP contribution < -0.4 is 9.62 Å². The van der Waals surface area contributed by atoms with E-state index in [2.05, 4.69) is 26.7 Å². The number of benzene rings is 2. The maximum absolute atomic E-state index is 13.0. The number of amides is 1. The van der Waals surface area contributed by atoms with Crippen molar-refractivity contribution in [2.75, 3.05) is 35.8 Å². The first kappa shape index (κ1) is 21.3. The number of halogens is 1. The van der Waals surface area contributed by atoms with Crippen molar-refractivity contribution in [3.8, 4) is 0 Å². The number of aromatic nitrogens is 1. The molecule has 1 aliphatic heterocycles. The van der Waals surface area contributed by atoms with Crippen LogP contribution in [-0.2, 0) is 21.2 Å². The Kier molecular flexibility index (Phi) is 6.19. The van der Waals surface area contributed by atoms with Crippen LogP contribution in [0.4, 0.5) is 15.2 Å². The molecule has 31 heavy (non-hydrogen) atoms. The van der Waals surface area contributed by atoms with E-state index in [9.17, 15) is 17.6 Å². The Hall–Kier alpha value is -2.98. The molecule has 1 aromatic heterocycles. The number of para-hydroxylation sites is 1. The number of thiazole rings is 1. The van der Waals surface area contributed by atoms with Crippen LogP contribution in [-0.4, -0.2) is 50.4 Å². The zero-order valence-corrected chi connectivity index (χ0v) is 18.2. The minimum Gasteiger partial charge on any atom is -0.368 e. The molecule has 0 spiro atoms. The molecule has 0 saturated carbocycles. The Labute approximate surface area is 184 Å². The molecule has 1 N–H and O–H groups in total. The molecule has 7 nitrogen and oxygen atoms in total. The van der Waals surface area contributed by atoms with E-state index < -0.39 is 15.8 Å². The smallest absolute Gasteiger partial charge is 0.263 e. The number of nitrogens with zero attached hydrogens (tertiary/aromatic N) is 3. The number of hydrogen-bond acceptors (Lipinski definition) is 6. The van der Waals surface area contributed by atoms with Gasteiger partial charge in [0.15, 0.2) is 5.13 Å². The number of piperazine rings is 1. The average Bonchev–Trinajstić information content (AvgIpc) is 3.20. The molecule has 0 radical (unpaired) electrons. The summed E-state index contributed by atoms with van der Waals surface area (Å²) in [5, 5.41) is 1.83. The molecule has 1 saturated heterocycles. The standard InChI is InChI=1S/C21H21FN4O3S2/c22-16-6-8-19(9-7-16)31(28,29)24-21-23-17(15-30-21)14-20(27)26-12-10-25(11-13-26)18-4-2-1-3-5-18/h1-9,15H,10-14H2,(H,23,24). The van der Waals surface area contributed by atoms with Gasteiger partial charge in [-0.3, -0.25) is 9.52 Å². The van der Waals surface area contributed by atoms with Gasteiger partial charge in [-0.1, -0.05) is 18.2 Å². The van der Waals surface area contributed by atoms with Gasteiger partial charge in [-0.05, 0) is 36.4 Å². The summed E-state index contributed by atoms with van der Waals surface area (Å²) in [6, 6.07) is 14.6. The van der Waals surface area contributed by atoms with Crippen LogP contribution in [0.25, 0.3) is 0 Å². The fourth-order valence-corrected chi connectivity index (χ4v) is 5.31. The van der Waals surface area contributed by atoms with E-state index in [1.54, 1.807) is 10.3 Å². The molecule has 0 atom stereocenters. The highest BCUT2D eigenvalue weighted by atomic mass is 32.2. The van der Waals surface area contributed by atoms with Crippen molar-refractivity contribution in [3.63, 3.8) is 0 Å². The lowest BCUT2D eigenvalue weighted by atomic mass is 10.2. The molecule has 3 aromatic rings. The summed E-state index contributed by atoms with van der Waals surface area (Å²) in [6.45, 7) is 2.77. The summed E-state index contributed by atoms with van der Waals surface area (Å²) in [4.78, 5) is 20.9. The Balaban J connectivity index is 1.33. The van der Waals surface area contributed by atoms with E-state index in [0.717, 1.165) is 42.2 Å². The average molecular weight is 461 g/mol. The third-order valence-corrected chi connectivity index (χ3v) is 7.27. The maximum atomic E-state index is 13.0. The van der Waals surface area contributed by atoms with Crippen LogP contribution in [0.15, 0.2) is 64.9 Å². The minimum atomic E-state index is -3.87. The highest BCUT2D eigenvalue weighted by Gasteiger charge is 2.22. The molecule has 162 valence electrons. The van der Waals surface area contributed by atoms with Crippen LogP contribution in [0.2, 0.25) is 0 Å². The molecule has 2 aromatic carbocycles. The summed E-state index contributed by atoms with van der Waals surface area (Å²) < 4.78 is 40.2. The number of rotatable bonds is 6. The molecular formula is C21H21FN4O3S2. The van der Waals surface area contributed by atoms with Crippen molar-refractivity contribution in [1.29, 1.82) is 0 Å². The fourth-order valence-electron chi connectivity index (χ4n) is 3.34. The first-order valence-corrected chi connectivity index (χ1v) is 12.1. The first-order valence-electron chi connectivity index (χ1n) is 9.71. The highest BCUT2D eigenvalue weighted by Crippen LogP contribution is 2.21. The summed E-state index contributed by atoms with van der Waals surface area (Å²) in [7, 11) is -3.87. The van der Waals surface area contributed by atoms with E-state index in [1.165, 1.54) is 12.1 Å². The summed E-state index contributed by atoms with van der Waals surface area (Å²) in [5.41, 5.74) is 1.66. The molecule has 1 aliphatic rings. The van der Waals surface area contributed by atoms with Gasteiger partial charge in [-0.2, -0.15) is 0 Å². The third kappa shape index (κ3) is 5.20. The molecule has 4 rings (SSSR count). The van der Waals surface area contributed by atoms with Crippen molar-refractivity contribution >= 4 is 38.1 Å². The summed E-state index contributed by atoms with van der Waals surface area (Å²) in [6.07, 6.45) is 0.111. The van der Waals surface area contributed by atoms with E-state index in [0.29, 0.717) is 18.8 Å². The van der Waals surface area contributed by atoms with E-state index in [4.69, 9.17) is 0 Å². The zero-order valence-electron chi connectivity index (χ0n) is 16.6. The van der Waals surface area contributed by atoms with Gasteiger partial charge in [0.25, 0.3) is 10.0 Å². The SMILES string of the molecule is O=C(Cc1csc(NS(=O)(=O)c2ccc(F)cc2)n1)N1CCN(c2ccccc2)CC1. The van der Waals surface area contributed by atoms with E-state index >= 15 is 0 Å². The minimum absolute atomic E-state index is 0.0362. The second kappa shape index (κ2) is 9.03. The molecule has 0 aliphatic carbocycles. The van der Waals surface area contributed by atoms with E-state index in [1.807, 2.05) is 18.2 Å². The molecule has 0 bridgehead atoms. The van der Waals surface area contributed by atoms with E-state index in [-0.39, 0.29) is 22.4 Å². The van der Waals surface area contributed by atoms with Crippen LogP contribution in [0, 0.1) is 5.82 Å². The lowest BCUT2D eigenvalue weighted by Gasteiger charge is -2.36. The summed E-state index contributed by atoms with van der Waals surface area (Å²) in [5.74, 6) is -0.551. The predicted octanol–water partition coefficient (Wildman–Crippen LogP) is 2.97. The van der Waals surface area contributed by atoms with Gasteiger partial charge in [-0.15, -0.1) is 11.3 Å². The molecular weight excluding hydrogens is 439 g/mol. The first-order chi connectivity index (χ1) is 14.9. The highest BCUT2D eigenvalue weighted by molar-refractivity contribution is 7.93. The van der Waals surface area contributed by atoms with Crippen molar-refractivity contribution < 1.29 is 17.6 Å². The predicted molar refractivity (Wildman–Crippen MR) is 118 cm³/mol. The lowest BCUT2D eigenvalue weighted by molar-refractivity contribution is -0.130. The van der Waals surface area contributed by atoms with Gasteiger partial charge in [0.2, 0.25) is 5.91 Å². The Morgan fingerprint density at radius 2 is 1.71 bits per heavy atom. The maximum Gasteiger partial charge on any atom is 0.263 e. The number of anilines is 2. The van der Waals surface area contributed by atoms with Crippen LogP contribution in [0.3, 0.4) is 0 Å². The monoisotopic (exact) mass is 460 g/mol. The number of hydrogen-bond donors (Lipinski definition) is 1. The second-order valence-electron chi connectivity index (χ2n) is 7.08. The number of carbonyl (C=O) groups is 1. The van der Waals surface area contributed by atoms with Gasteiger partial charge >= 0.3 is 0 Å². The fraction of sp³-hybridized carbons (Fsp3) is 0.238. The van der Waals surface area contributed by atoms with Crippen molar-refractivity contribution in [2.24, 2.45) is 0 Å². The third-order valence-electron chi connectivity index (χ3n) is 4.98. The van der Waals surface area contributed by atoms with Gasteiger partial charge in [-0.25, -0.2) is 17.8 Å². The Morgan fingerprint density at radius 3 is 2.39 bits per heavy atom. The lowest BCUT2D eigenvalue weighted by Crippen LogP contribution is -2.49. The number of sulfonamides is 1. The Morgan fingerprint density at radius 1 is 1.03 bits per heavy atom. The van der Waals surface area contributed by atoms with Gasteiger partial charge < -0.3 is 9.80 Å². The quantitative estimate of drug-likeness (QED) is 0.612. The van der Waals surface area contributed by atoms with Gasteiger partial charge in [0.1, 0.15) is 5.82 Å². The molecule has 1 amide bonds. The Bertz CT molecular complexity index is 1140. The summed E-state index contributed by atoms with van der Waals surface area (Å²) >= 11 is 1.11.